The van der Waals surface area contributed by atoms with Crippen molar-refractivity contribution in [3.05, 3.63) is 0 Å². The largest absolute Gasteiger partial charge is 0.481 e. The van der Waals surface area contributed by atoms with Gasteiger partial charge in [-0.2, -0.15) is 0 Å². The Hall–Kier alpha value is -0.610. The maximum Gasteiger partial charge on any atom is 0.304 e. The average molecular weight is 253 g/mol. The van der Waals surface area contributed by atoms with E-state index in [9.17, 15) is 4.79 Å². The minimum absolute atomic E-state index is 0.166. The quantitative estimate of drug-likeness (QED) is 0.814. The SMILES string of the molecule is O=C(O)CCN(C1CC1)C1CCOC2(CCC2)C1. The molecule has 0 amide bonds. The standard InChI is InChI=1S/C14H23NO3/c16-13(17)4-8-15(11-2-3-11)12-5-9-18-14(10-12)6-1-7-14/h11-12H,1-10H2,(H,16,17). The van der Waals surface area contributed by atoms with Gasteiger partial charge in [-0.25, -0.2) is 0 Å². The van der Waals surface area contributed by atoms with Crippen LogP contribution in [-0.4, -0.2) is 46.8 Å². The first-order chi connectivity index (χ1) is 8.69. The van der Waals surface area contributed by atoms with Crippen molar-refractivity contribution in [1.82, 2.24) is 4.90 Å². The molecule has 2 aliphatic carbocycles. The number of hydrogen-bond donors (Lipinski definition) is 1. The van der Waals surface area contributed by atoms with Gasteiger partial charge in [0.15, 0.2) is 0 Å². The first-order valence-corrected chi connectivity index (χ1v) is 7.30. The molecule has 0 aromatic carbocycles. The molecule has 102 valence electrons. The Kier molecular flexibility index (Phi) is 3.32. The second kappa shape index (κ2) is 4.82. The summed E-state index contributed by atoms with van der Waals surface area (Å²) in [7, 11) is 0. The van der Waals surface area contributed by atoms with Crippen molar-refractivity contribution >= 4 is 5.97 Å². The van der Waals surface area contributed by atoms with Crippen molar-refractivity contribution in [2.45, 2.75) is 69.1 Å². The van der Waals surface area contributed by atoms with Crippen molar-refractivity contribution in [3.8, 4) is 0 Å². The molecule has 1 N–H and O–H groups in total. The summed E-state index contributed by atoms with van der Waals surface area (Å²) in [5, 5.41) is 8.87. The van der Waals surface area contributed by atoms with Gasteiger partial charge in [0.25, 0.3) is 0 Å². The molecule has 0 bridgehead atoms. The summed E-state index contributed by atoms with van der Waals surface area (Å²) in [5.41, 5.74) is 0.166. The summed E-state index contributed by atoms with van der Waals surface area (Å²) in [5.74, 6) is -0.675. The van der Waals surface area contributed by atoms with Gasteiger partial charge in [-0.15, -0.1) is 0 Å². The zero-order valence-corrected chi connectivity index (χ0v) is 10.9. The molecule has 18 heavy (non-hydrogen) atoms. The monoisotopic (exact) mass is 253 g/mol. The van der Waals surface area contributed by atoms with E-state index in [-0.39, 0.29) is 12.0 Å². The predicted molar refractivity (Wildman–Crippen MR) is 67.5 cm³/mol. The minimum atomic E-state index is -0.675. The van der Waals surface area contributed by atoms with E-state index in [4.69, 9.17) is 9.84 Å². The molecule has 4 heteroatoms. The highest BCUT2D eigenvalue weighted by Crippen LogP contribution is 2.44. The highest BCUT2D eigenvalue weighted by Gasteiger charge is 2.45. The lowest BCUT2D eigenvalue weighted by Crippen LogP contribution is -2.52. The van der Waals surface area contributed by atoms with Gasteiger partial charge >= 0.3 is 5.97 Å². The fourth-order valence-corrected chi connectivity index (χ4v) is 3.50. The number of carbonyl (C=O) groups is 1. The van der Waals surface area contributed by atoms with Crippen LogP contribution >= 0.6 is 0 Å². The summed E-state index contributed by atoms with van der Waals surface area (Å²) in [6, 6.07) is 1.22. The van der Waals surface area contributed by atoms with Crippen molar-refractivity contribution in [3.63, 3.8) is 0 Å². The first-order valence-electron chi connectivity index (χ1n) is 7.30. The Balaban J connectivity index is 1.60. The van der Waals surface area contributed by atoms with Crippen LogP contribution in [0.25, 0.3) is 0 Å². The third kappa shape index (κ3) is 2.54. The van der Waals surface area contributed by atoms with Gasteiger partial charge in [-0.05, 0) is 44.9 Å². The van der Waals surface area contributed by atoms with Crippen LogP contribution in [0.1, 0.15) is 51.4 Å². The minimum Gasteiger partial charge on any atom is -0.481 e. The van der Waals surface area contributed by atoms with Crippen molar-refractivity contribution < 1.29 is 14.6 Å². The Labute approximate surface area is 108 Å². The summed E-state index contributed by atoms with van der Waals surface area (Å²) in [6.45, 7) is 1.59. The maximum atomic E-state index is 10.8. The van der Waals surface area contributed by atoms with E-state index in [0.29, 0.717) is 12.1 Å². The number of carboxylic acid groups (broad SMARTS) is 1. The number of nitrogens with zero attached hydrogens (tertiary/aromatic N) is 1. The van der Waals surface area contributed by atoms with Crippen molar-refractivity contribution in [1.29, 1.82) is 0 Å². The lowest BCUT2D eigenvalue weighted by molar-refractivity contribution is -0.150. The normalized spacial score (nSPS) is 30.4. The van der Waals surface area contributed by atoms with E-state index >= 15 is 0 Å². The molecule has 0 aromatic heterocycles. The number of aliphatic carboxylic acids is 1. The highest BCUT2D eigenvalue weighted by molar-refractivity contribution is 5.66. The van der Waals surface area contributed by atoms with Gasteiger partial charge < -0.3 is 9.84 Å². The molecule has 1 unspecified atom stereocenters. The Morgan fingerprint density at radius 2 is 2.06 bits per heavy atom. The molecule has 1 aliphatic heterocycles. The van der Waals surface area contributed by atoms with Crippen molar-refractivity contribution in [2.75, 3.05) is 13.2 Å². The van der Waals surface area contributed by atoms with Gasteiger partial charge in [-0.1, -0.05) is 0 Å². The third-order valence-corrected chi connectivity index (χ3v) is 4.80. The van der Waals surface area contributed by atoms with E-state index < -0.39 is 5.97 Å². The molecule has 3 rings (SSSR count). The molecule has 1 atom stereocenters. The molecular weight excluding hydrogens is 230 g/mol. The van der Waals surface area contributed by atoms with Crippen LogP contribution in [0.5, 0.6) is 0 Å². The Bertz CT molecular complexity index is 323. The molecule has 4 nitrogen and oxygen atoms in total. The zero-order chi connectivity index (χ0) is 12.6. The van der Waals surface area contributed by atoms with E-state index in [1.807, 2.05) is 0 Å². The second-order valence-corrected chi connectivity index (χ2v) is 6.14. The molecule has 1 heterocycles. The van der Waals surface area contributed by atoms with E-state index in [0.717, 1.165) is 26.0 Å². The molecular formula is C14H23NO3. The number of hydrogen-bond acceptors (Lipinski definition) is 3. The lowest BCUT2D eigenvalue weighted by Gasteiger charge is -2.49. The molecule has 0 aromatic rings. The second-order valence-electron chi connectivity index (χ2n) is 6.14. The fourth-order valence-electron chi connectivity index (χ4n) is 3.50. The average Bonchev–Trinajstić information content (AvgIpc) is 3.12. The highest BCUT2D eigenvalue weighted by atomic mass is 16.5. The zero-order valence-electron chi connectivity index (χ0n) is 10.9. The van der Waals surface area contributed by atoms with E-state index in [1.54, 1.807) is 0 Å². The van der Waals surface area contributed by atoms with Gasteiger partial charge in [0.05, 0.1) is 12.0 Å². The number of carboxylic acids is 1. The topological polar surface area (TPSA) is 49.8 Å². The van der Waals surface area contributed by atoms with Crippen LogP contribution in [-0.2, 0) is 9.53 Å². The Morgan fingerprint density at radius 1 is 1.28 bits per heavy atom. The first kappa shape index (κ1) is 12.4. The van der Waals surface area contributed by atoms with E-state index in [1.165, 1.54) is 32.1 Å². The summed E-state index contributed by atoms with van der Waals surface area (Å²) in [4.78, 5) is 13.2. The number of ether oxygens (including phenoxy) is 1. The molecule has 3 aliphatic rings. The fraction of sp³-hybridized carbons (Fsp3) is 0.929. The number of rotatable bonds is 5. The van der Waals surface area contributed by atoms with Crippen LogP contribution in [0.3, 0.4) is 0 Å². The van der Waals surface area contributed by atoms with Crippen LogP contribution in [0.2, 0.25) is 0 Å². The van der Waals surface area contributed by atoms with Crippen molar-refractivity contribution in [2.24, 2.45) is 0 Å². The summed E-state index contributed by atoms with van der Waals surface area (Å²) < 4.78 is 5.96. The van der Waals surface area contributed by atoms with E-state index in [2.05, 4.69) is 4.90 Å². The molecule has 2 saturated carbocycles. The Morgan fingerprint density at radius 3 is 2.61 bits per heavy atom. The van der Waals surface area contributed by atoms with Crippen LogP contribution in [0.15, 0.2) is 0 Å². The summed E-state index contributed by atoms with van der Waals surface area (Å²) in [6.07, 6.45) is 8.71. The van der Waals surface area contributed by atoms with Crippen LogP contribution in [0.4, 0.5) is 0 Å². The smallest absolute Gasteiger partial charge is 0.304 e. The maximum absolute atomic E-state index is 10.8. The van der Waals surface area contributed by atoms with Crippen LogP contribution in [0, 0.1) is 0 Å². The van der Waals surface area contributed by atoms with Gasteiger partial charge in [0.2, 0.25) is 0 Å². The lowest BCUT2D eigenvalue weighted by atomic mass is 9.73. The summed E-state index contributed by atoms with van der Waals surface area (Å²) >= 11 is 0. The third-order valence-electron chi connectivity index (χ3n) is 4.80. The molecule has 1 saturated heterocycles. The molecule has 0 radical (unpaired) electrons. The van der Waals surface area contributed by atoms with Gasteiger partial charge in [-0.3, -0.25) is 9.69 Å². The molecule has 1 spiro atoms. The molecule has 3 fully saturated rings. The van der Waals surface area contributed by atoms with Crippen LogP contribution < -0.4 is 0 Å². The van der Waals surface area contributed by atoms with Gasteiger partial charge in [0, 0.05) is 25.2 Å². The van der Waals surface area contributed by atoms with Gasteiger partial charge in [0.1, 0.15) is 0 Å². The predicted octanol–water partition coefficient (Wildman–Crippen LogP) is 2.03.